The number of nitrogens with two attached hydrogens (primary N) is 2. The zero-order chi connectivity index (χ0) is 24.0. The van der Waals surface area contributed by atoms with Gasteiger partial charge in [-0.05, 0) is 54.6 Å². The standard InChI is InChI=1S/C23H21N7O3S/c1-29-19-5-3-2-4-17(19)27-21(29)13-30-20-11-6-14(22(24)31)12-18(20)28-23(30)26-15-7-9-16(10-8-15)34(25,32)33/h2-12H,13H2,1H3,(H2,24,31)(H,26,28)(H2,25,32,33). The number of imidazole rings is 2. The number of nitrogens with zero attached hydrogens (tertiary/aromatic N) is 4. The number of nitrogens with one attached hydrogen (secondary N) is 1. The van der Waals surface area contributed by atoms with Crippen molar-refractivity contribution < 1.29 is 13.2 Å². The van der Waals surface area contributed by atoms with Crippen LogP contribution < -0.4 is 16.2 Å². The lowest BCUT2D eigenvalue weighted by atomic mass is 10.2. The number of amides is 1. The smallest absolute Gasteiger partial charge is 0.248 e. The number of anilines is 2. The third-order valence-electron chi connectivity index (χ3n) is 5.65. The second-order valence-corrected chi connectivity index (χ2v) is 9.42. The Bertz CT molecular complexity index is 1670. The van der Waals surface area contributed by atoms with E-state index in [0.29, 0.717) is 29.3 Å². The summed E-state index contributed by atoms with van der Waals surface area (Å²) in [4.78, 5) is 21.1. The lowest BCUT2D eigenvalue weighted by molar-refractivity contribution is 0.100. The first-order valence-corrected chi connectivity index (χ1v) is 11.9. The fourth-order valence-corrected chi connectivity index (χ4v) is 4.39. The first-order chi connectivity index (χ1) is 16.2. The van der Waals surface area contributed by atoms with Crippen molar-refractivity contribution in [2.45, 2.75) is 11.4 Å². The molecular formula is C23H21N7O3S. The van der Waals surface area contributed by atoms with Crippen molar-refractivity contribution >= 4 is 49.6 Å². The van der Waals surface area contributed by atoms with E-state index in [1.54, 1.807) is 30.3 Å². The van der Waals surface area contributed by atoms with Gasteiger partial charge in [0.25, 0.3) is 0 Å². The minimum atomic E-state index is -3.80. The summed E-state index contributed by atoms with van der Waals surface area (Å²) < 4.78 is 27.1. The van der Waals surface area contributed by atoms with Gasteiger partial charge in [0.1, 0.15) is 5.82 Å². The first-order valence-electron chi connectivity index (χ1n) is 10.3. The number of carbonyl (C=O) groups excluding carboxylic acids is 1. The van der Waals surface area contributed by atoms with E-state index >= 15 is 0 Å². The topological polar surface area (TPSA) is 151 Å². The summed E-state index contributed by atoms with van der Waals surface area (Å²) in [6.45, 7) is 0.398. The van der Waals surface area contributed by atoms with Gasteiger partial charge in [-0.25, -0.2) is 23.5 Å². The van der Waals surface area contributed by atoms with Crippen LogP contribution in [-0.2, 0) is 23.6 Å². The van der Waals surface area contributed by atoms with E-state index < -0.39 is 15.9 Å². The van der Waals surface area contributed by atoms with Gasteiger partial charge in [-0.1, -0.05) is 12.1 Å². The highest BCUT2D eigenvalue weighted by atomic mass is 32.2. The number of hydrogen-bond acceptors (Lipinski definition) is 6. The van der Waals surface area contributed by atoms with Crippen molar-refractivity contribution in [3.63, 3.8) is 0 Å². The molecule has 0 spiro atoms. The maximum atomic E-state index is 11.7. The number of aromatic nitrogens is 4. The molecule has 1 amide bonds. The number of sulfonamides is 1. The number of hydrogen-bond donors (Lipinski definition) is 3. The zero-order valence-electron chi connectivity index (χ0n) is 18.1. The number of fused-ring (bicyclic) bond motifs is 2. The summed E-state index contributed by atoms with van der Waals surface area (Å²) in [7, 11) is -1.84. The molecule has 3 aromatic carbocycles. The SMILES string of the molecule is Cn1c(Cn2c(Nc3ccc(S(N)(=O)=O)cc3)nc3cc(C(N)=O)ccc32)nc2ccccc21. The van der Waals surface area contributed by atoms with Crippen LogP contribution in [0.1, 0.15) is 16.2 Å². The molecule has 5 aromatic rings. The van der Waals surface area contributed by atoms with Crippen LogP contribution in [0.5, 0.6) is 0 Å². The Hall–Kier alpha value is -4.22. The number of aryl methyl sites for hydroxylation is 1. The Kier molecular flexibility index (Phi) is 5.07. The lowest BCUT2D eigenvalue weighted by Crippen LogP contribution is -2.12. The van der Waals surface area contributed by atoms with E-state index in [1.165, 1.54) is 12.1 Å². The van der Waals surface area contributed by atoms with Gasteiger partial charge in [-0.15, -0.1) is 0 Å². The molecule has 5 rings (SSSR count). The molecule has 0 fully saturated rings. The van der Waals surface area contributed by atoms with E-state index in [4.69, 9.17) is 15.9 Å². The third kappa shape index (κ3) is 3.87. The number of rotatable bonds is 6. The molecular weight excluding hydrogens is 454 g/mol. The van der Waals surface area contributed by atoms with Crippen molar-refractivity contribution in [2.75, 3.05) is 5.32 Å². The van der Waals surface area contributed by atoms with Gasteiger partial charge in [0.15, 0.2) is 0 Å². The van der Waals surface area contributed by atoms with Crippen LogP contribution in [0.3, 0.4) is 0 Å². The minimum absolute atomic E-state index is 0.0114. The fraction of sp³-hybridized carbons (Fsp3) is 0.0870. The molecule has 0 aliphatic rings. The predicted octanol–water partition coefficient (Wildman–Crippen LogP) is 2.46. The third-order valence-corrected chi connectivity index (χ3v) is 6.58. The quantitative estimate of drug-likeness (QED) is 0.343. The molecule has 172 valence electrons. The second-order valence-electron chi connectivity index (χ2n) is 7.86. The van der Waals surface area contributed by atoms with Crippen LogP contribution in [-0.4, -0.2) is 33.4 Å². The van der Waals surface area contributed by atoms with E-state index in [0.717, 1.165) is 22.4 Å². The highest BCUT2D eigenvalue weighted by Gasteiger charge is 2.17. The van der Waals surface area contributed by atoms with Gasteiger partial charge in [-0.2, -0.15) is 0 Å². The highest BCUT2D eigenvalue weighted by molar-refractivity contribution is 7.89. The van der Waals surface area contributed by atoms with Crippen LogP contribution in [0.4, 0.5) is 11.6 Å². The molecule has 5 N–H and O–H groups in total. The summed E-state index contributed by atoms with van der Waals surface area (Å²) in [6.07, 6.45) is 0. The monoisotopic (exact) mass is 475 g/mol. The van der Waals surface area contributed by atoms with Gasteiger partial charge >= 0.3 is 0 Å². The molecule has 0 saturated heterocycles. The Morgan fingerprint density at radius 2 is 1.71 bits per heavy atom. The molecule has 0 atom stereocenters. The summed E-state index contributed by atoms with van der Waals surface area (Å²) in [5.41, 5.74) is 9.66. The van der Waals surface area contributed by atoms with Crippen LogP contribution in [0.15, 0.2) is 71.6 Å². The average Bonchev–Trinajstić information content (AvgIpc) is 3.30. The van der Waals surface area contributed by atoms with E-state index in [2.05, 4.69) is 10.3 Å². The largest absolute Gasteiger partial charge is 0.366 e. The van der Waals surface area contributed by atoms with Crippen molar-refractivity contribution in [3.05, 3.63) is 78.1 Å². The van der Waals surface area contributed by atoms with E-state index in [9.17, 15) is 13.2 Å². The van der Waals surface area contributed by atoms with Crippen molar-refractivity contribution in [3.8, 4) is 0 Å². The minimum Gasteiger partial charge on any atom is -0.366 e. The zero-order valence-corrected chi connectivity index (χ0v) is 19.0. The molecule has 0 radical (unpaired) electrons. The predicted molar refractivity (Wildman–Crippen MR) is 129 cm³/mol. The summed E-state index contributed by atoms with van der Waals surface area (Å²) in [5.74, 6) is 0.763. The highest BCUT2D eigenvalue weighted by Crippen LogP contribution is 2.26. The van der Waals surface area contributed by atoms with Crippen molar-refractivity contribution in [2.24, 2.45) is 17.9 Å². The lowest BCUT2D eigenvalue weighted by Gasteiger charge is -2.11. The van der Waals surface area contributed by atoms with Gasteiger partial charge < -0.3 is 20.2 Å². The molecule has 10 nitrogen and oxygen atoms in total. The number of benzene rings is 3. The molecule has 0 aliphatic heterocycles. The van der Waals surface area contributed by atoms with E-state index in [-0.39, 0.29) is 4.90 Å². The molecule has 0 bridgehead atoms. The van der Waals surface area contributed by atoms with Crippen LogP contribution in [0.2, 0.25) is 0 Å². The van der Waals surface area contributed by atoms with Gasteiger partial charge in [0.2, 0.25) is 21.9 Å². The summed E-state index contributed by atoms with van der Waals surface area (Å²) >= 11 is 0. The van der Waals surface area contributed by atoms with Crippen molar-refractivity contribution in [1.29, 1.82) is 0 Å². The average molecular weight is 476 g/mol. The van der Waals surface area contributed by atoms with Gasteiger partial charge in [-0.3, -0.25) is 4.79 Å². The Labute approximate surface area is 194 Å². The number of para-hydroxylation sites is 2. The van der Waals surface area contributed by atoms with Crippen LogP contribution in [0, 0.1) is 0 Å². The summed E-state index contributed by atoms with van der Waals surface area (Å²) in [6, 6.07) is 19.0. The van der Waals surface area contributed by atoms with E-state index in [1.807, 2.05) is 40.4 Å². The molecule has 11 heteroatoms. The molecule has 34 heavy (non-hydrogen) atoms. The van der Waals surface area contributed by atoms with Crippen molar-refractivity contribution in [1.82, 2.24) is 19.1 Å². The molecule has 2 aromatic heterocycles. The van der Waals surface area contributed by atoms with Gasteiger partial charge in [0.05, 0.1) is 33.5 Å². The molecule has 0 unspecified atom stereocenters. The Morgan fingerprint density at radius 3 is 2.38 bits per heavy atom. The Morgan fingerprint density at radius 1 is 0.971 bits per heavy atom. The molecule has 0 saturated carbocycles. The maximum Gasteiger partial charge on any atom is 0.248 e. The first kappa shape index (κ1) is 21.6. The fourth-order valence-electron chi connectivity index (χ4n) is 3.87. The van der Waals surface area contributed by atoms with Crippen LogP contribution in [0.25, 0.3) is 22.1 Å². The summed E-state index contributed by atoms with van der Waals surface area (Å²) in [5, 5.41) is 8.42. The van der Waals surface area contributed by atoms with Crippen LogP contribution >= 0.6 is 0 Å². The molecule has 2 heterocycles. The maximum absolute atomic E-state index is 11.7. The Balaban J connectivity index is 1.60. The second kappa shape index (κ2) is 7.97. The molecule has 0 aliphatic carbocycles. The normalized spacial score (nSPS) is 11.8. The number of carbonyl (C=O) groups is 1. The van der Waals surface area contributed by atoms with Gasteiger partial charge in [0, 0.05) is 18.3 Å². The number of primary sulfonamides is 1. The number of primary amides is 1.